The van der Waals surface area contributed by atoms with Crippen molar-refractivity contribution in [2.24, 2.45) is 0 Å². The highest BCUT2D eigenvalue weighted by Gasteiger charge is 2.11. The Morgan fingerprint density at radius 1 is 1.00 bits per heavy atom. The molecule has 0 radical (unpaired) electrons. The van der Waals surface area contributed by atoms with Crippen LogP contribution < -0.4 is 5.32 Å². The van der Waals surface area contributed by atoms with Gasteiger partial charge in [-0.2, -0.15) is 5.10 Å². The Labute approximate surface area is 131 Å². The molecule has 3 rings (SSSR count). The summed E-state index contributed by atoms with van der Waals surface area (Å²) in [5.74, 6) is 0. The van der Waals surface area contributed by atoms with Gasteiger partial charge in [0, 0.05) is 18.4 Å². The minimum absolute atomic E-state index is 0.282. The van der Waals surface area contributed by atoms with Gasteiger partial charge in [-0.25, -0.2) is 4.68 Å². The first-order valence-corrected chi connectivity index (χ1v) is 7.71. The second-order valence-corrected chi connectivity index (χ2v) is 5.42. The molecular weight excluding hydrogens is 270 g/mol. The summed E-state index contributed by atoms with van der Waals surface area (Å²) in [7, 11) is 0. The first-order valence-electron chi connectivity index (χ1n) is 7.71. The van der Waals surface area contributed by atoms with E-state index in [0.717, 1.165) is 18.7 Å². The molecule has 0 amide bonds. The lowest BCUT2D eigenvalue weighted by atomic mass is 10.1. The molecule has 1 N–H and O–H groups in total. The minimum Gasteiger partial charge on any atom is -0.310 e. The van der Waals surface area contributed by atoms with Crippen molar-refractivity contribution in [2.75, 3.05) is 6.54 Å². The van der Waals surface area contributed by atoms with Gasteiger partial charge in [-0.05, 0) is 43.1 Å². The smallest absolute Gasteiger partial charge is 0.0693 e. The van der Waals surface area contributed by atoms with Crippen molar-refractivity contribution >= 4 is 0 Å². The van der Waals surface area contributed by atoms with Gasteiger partial charge in [-0.3, -0.25) is 0 Å². The number of nitrogens with zero attached hydrogens (tertiary/aromatic N) is 2. The topological polar surface area (TPSA) is 29.9 Å². The minimum atomic E-state index is 0.282. The predicted octanol–water partition coefficient (Wildman–Crippen LogP) is 3.77. The normalized spacial score (nSPS) is 12.2. The molecule has 3 heteroatoms. The highest BCUT2D eigenvalue weighted by atomic mass is 15.3. The standard InChI is InChI=1S/C19H21N3/c1-16(20-14-12-17-8-3-2-4-9-17)18-10-5-6-11-19(18)22-15-7-13-21-22/h2-11,13,15-16,20H,12,14H2,1H3/t16-/m1/s1. The number of para-hydroxylation sites is 1. The van der Waals surface area contributed by atoms with Crippen molar-refractivity contribution in [3.8, 4) is 5.69 Å². The fourth-order valence-corrected chi connectivity index (χ4v) is 2.66. The third-order valence-corrected chi connectivity index (χ3v) is 3.86. The summed E-state index contributed by atoms with van der Waals surface area (Å²) < 4.78 is 1.92. The van der Waals surface area contributed by atoms with Crippen LogP contribution in [0.5, 0.6) is 0 Å². The van der Waals surface area contributed by atoms with Crippen molar-refractivity contribution in [2.45, 2.75) is 19.4 Å². The van der Waals surface area contributed by atoms with Gasteiger partial charge in [-0.1, -0.05) is 48.5 Å². The highest BCUT2D eigenvalue weighted by Crippen LogP contribution is 2.20. The average molecular weight is 291 g/mol. The van der Waals surface area contributed by atoms with Crippen molar-refractivity contribution in [3.63, 3.8) is 0 Å². The van der Waals surface area contributed by atoms with Crippen molar-refractivity contribution in [1.29, 1.82) is 0 Å². The number of nitrogens with one attached hydrogen (secondary N) is 1. The molecule has 0 bridgehead atoms. The van der Waals surface area contributed by atoms with Gasteiger partial charge < -0.3 is 5.32 Å². The Bertz CT molecular complexity index is 690. The Morgan fingerprint density at radius 3 is 2.55 bits per heavy atom. The molecule has 0 aliphatic rings. The summed E-state index contributed by atoms with van der Waals surface area (Å²) >= 11 is 0. The maximum Gasteiger partial charge on any atom is 0.0693 e. The van der Waals surface area contributed by atoms with Crippen molar-refractivity contribution < 1.29 is 0 Å². The molecule has 3 nitrogen and oxygen atoms in total. The van der Waals surface area contributed by atoms with Gasteiger partial charge in [0.1, 0.15) is 0 Å². The maximum absolute atomic E-state index is 4.35. The van der Waals surface area contributed by atoms with Crippen LogP contribution in [0, 0.1) is 0 Å². The zero-order valence-corrected chi connectivity index (χ0v) is 12.8. The Hall–Kier alpha value is -2.39. The Balaban J connectivity index is 1.66. The van der Waals surface area contributed by atoms with E-state index < -0.39 is 0 Å². The summed E-state index contributed by atoms with van der Waals surface area (Å²) in [4.78, 5) is 0. The second kappa shape index (κ2) is 7.05. The van der Waals surface area contributed by atoms with Crippen LogP contribution in [0.1, 0.15) is 24.1 Å². The fourth-order valence-electron chi connectivity index (χ4n) is 2.66. The lowest BCUT2D eigenvalue weighted by molar-refractivity contribution is 0.573. The van der Waals surface area contributed by atoms with Gasteiger partial charge in [0.25, 0.3) is 0 Å². The summed E-state index contributed by atoms with van der Waals surface area (Å²) in [6.45, 7) is 3.16. The van der Waals surface area contributed by atoms with E-state index in [1.54, 1.807) is 0 Å². The third-order valence-electron chi connectivity index (χ3n) is 3.86. The van der Waals surface area contributed by atoms with Crippen LogP contribution in [0.2, 0.25) is 0 Å². The molecule has 112 valence electrons. The van der Waals surface area contributed by atoms with E-state index in [2.05, 4.69) is 71.9 Å². The molecule has 1 heterocycles. The number of hydrogen-bond donors (Lipinski definition) is 1. The molecule has 1 aromatic heterocycles. The van der Waals surface area contributed by atoms with E-state index in [-0.39, 0.29) is 6.04 Å². The number of benzene rings is 2. The number of hydrogen-bond acceptors (Lipinski definition) is 2. The molecule has 0 aliphatic carbocycles. The van der Waals surface area contributed by atoms with Crippen molar-refractivity contribution in [1.82, 2.24) is 15.1 Å². The van der Waals surface area contributed by atoms with Crippen molar-refractivity contribution in [3.05, 3.63) is 84.2 Å². The van der Waals surface area contributed by atoms with Crippen LogP contribution in [-0.4, -0.2) is 16.3 Å². The molecule has 0 fully saturated rings. The molecule has 0 spiro atoms. The van der Waals surface area contributed by atoms with E-state index in [9.17, 15) is 0 Å². The molecule has 3 aromatic rings. The zero-order chi connectivity index (χ0) is 15.2. The van der Waals surface area contributed by atoms with Crippen LogP contribution in [0.4, 0.5) is 0 Å². The predicted molar refractivity (Wildman–Crippen MR) is 90.1 cm³/mol. The van der Waals surface area contributed by atoms with Crippen LogP contribution >= 0.6 is 0 Å². The molecule has 1 atom stereocenters. The maximum atomic E-state index is 4.35. The van der Waals surface area contributed by atoms with Gasteiger partial charge in [-0.15, -0.1) is 0 Å². The van der Waals surface area contributed by atoms with E-state index in [0.29, 0.717) is 0 Å². The Morgan fingerprint density at radius 2 is 1.77 bits per heavy atom. The lowest BCUT2D eigenvalue weighted by Crippen LogP contribution is -2.22. The molecule has 0 saturated carbocycles. The summed E-state index contributed by atoms with van der Waals surface area (Å²) in [5.41, 5.74) is 3.76. The van der Waals surface area contributed by atoms with E-state index in [4.69, 9.17) is 0 Å². The quantitative estimate of drug-likeness (QED) is 0.749. The summed E-state index contributed by atoms with van der Waals surface area (Å²) in [6.07, 6.45) is 4.83. The Kier molecular flexibility index (Phi) is 4.66. The molecule has 0 aliphatic heterocycles. The molecule has 0 unspecified atom stereocenters. The fraction of sp³-hybridized carbons (Fsp3) is 0.211. The van der Waals surface area contributed by atoms with Gasteiger partial charge >= 0.3 is 0 Å². The second-order valence-electron chi connectivity index (χ2n) is 5.42. The molecule has 22 heavy (non-hydrogen) atoms. The molecule has 2 aromatic carbocycles. The van der Waals surface area contributed by atoms with Crippen LogP contribution in [-0.2, 0) is 6.42 Å². The lowest BCUT2D eigenvalue weighted by Gasteiger charge is -2.18. The number of rotatable bonds is 6. The van der Waals surface area contributed by atoms with E-state index >= 15 is 0 Å². The molecular formula is C19H21N3. The van der Waals surface area contributed by atoms with Gasteiger partial charge in [0.15, 0.2) is 0 Å². The molecule has 0 saturated heterocycles. The average Bonchev–Trinajstić information content (AvgIpc) is 3.10. The van der Waals surface area contributed by atoms with Gasteiger partial charge in [0.2, 0.25) is 0 Å². The first kappa shape index (κ1) is 14.5. The SMILES string of the molecule is C[C@@H](NCCc1ccccc1)c1ccccc1-n1cccn1. The summed E-state index contributed by atoms with van der Waals surface area (Å²) in [6, 6.07) is 21.2. The van der Waals surface area contributed by atoms with Crippen LogP contribution in [0.3, 0.4) is 0 Å². The van der Waals surface area contributed by atoms with Gasteiger partial charge in [0.05, 0.1) is 5.69 Å². The van der Waals surface area contributed by atoms with Crippen LogP contribution in [0.15, 0.2) is 73.1 Å². The van der Waals surface area contributed by atoms with E-state index in [1.165, 1.54) is 11.1 Å². The monoisotopic (exact) mass is 291 g/mol. The summed E-state index contributed by atoms with van der Waals surface area (Å²) in [5, 5.41) is 7.95. The largest absolute Gasteiger partial charge is 0.310 e. The zero-order valence-electron chi connectivity index (χ0n) is 12.8. The first-order chi connectivity index (χ1) is 10.8. The highest BCUT2D eigenvalue weighted by molar-refractivity contribution is 5.42. The number of aromatic nitrogens is 2. The third kappa shape index (κ3) is 3.43. The van der Waals surface area contributed by atoms with E-state index in [1.807, 2.05) is 23.1 Å². The van der Waals surface area contributed by atoms with Crippen LogP contribution in [0.25, 0.3) is 5.69 Å².